The molecule has 0 aliphatic heterocycles. The molecule has 1 aliphatic carbocycles. The van der Waals surface area contributed by atoms with Crippen molar-refractivity contribution in [2.75, 3.05) is 13.7 Å². The van der Waals surface area contributed by atoms with E-state index in [9.17, 15) is 0 Å². The zero-order chi connectivity index (χ0) is 10.6. The van der Waals surface area contributed by atoms with Crippen LogP contribution >= 0.6 is 0 Å². The fourth-order valence-electron chi connectivity index (χ4n) is 2.24. The normalized spacial score (nSPS) is 28.3. The Balaban J connectivity index is 2.30. The number of hydrogen-bond acceptors (Lipinski definition) is 2. The van der Waals surface area contributed by atoms with E-state index in [1.165, 1.54) is 25.7 Å². The van der Waals surface area contributed by atoms with E-state index < -0.39 is 0 Å². The fourth-order valence-corrected chi connectivity index (χ4v) is 2.24. The zero-order valence-corrected chi connectivity index (χ0v) is 10.1. The summed E-state index contributed by atoms with van der Waals surface area (Å²) < 4.78 is 5.40. The highest BCUT2D eigenvalue weighted by atomic mass is 16.5. The van der Waals surface area contributed by atoms with Crippen LogP contribution in [-0.2, 0) is 4.74 Å². The van der Waals surface area contributed by atoms with Crippen molar-refractivity contribution in [1.29, 1.82) is 0 Å². The first-order valence-corrected chi connectivity index (χ1v) is 5.87. The average Bonchev–Trinajstić information content (AvgIpc) is 2.62. The second-order valence-corrected chi connectivity index (χ2v) is 5.05. The summed E-state index contributed by atoms with van der Waals surface area (Å²) in [7, 11) is 1.79. The molecule has 0 aromatic carbocycles. The van der Waals surface area contributed by atoms with Gasteiger partial charge in [-0.05, 0) is 32.6 Å². The summed E-state index contributed by atoms with van der Waals surface area (Å²) in [6.07, 6.45) is 5.45. The minimum Gasteiger partial charge on any atom is -0.377 e. The van der Waals surface area contributed by atoms with Gasteiger partial charge in [-0.3, -0.25) is 0 Å². The van der Waals surface area contributed by atoms with Gasteiger partial charge < -0.3 is 10.1 Å². The minimum atomic E-state index is -0.0269. The first-order chi connectivity index (χ1) is 6.59. The van der Waals surface area contributed by atoms with Crippen molar-refractivity contribution in [3.8, 4) is 0 Å². The monoisotopic (exact) mass is 199 g/mol. The Bertz CT molecular complexity index is 168. The summed E-state index contributed by atoms with van der Waals surface area (Å²) in [4.78, 5) is 0. The zero-order valence-electron chi connectivity index (χ0n) is 10.1. The second kappa shape index (κ2) is 5.13. The molecule has 14 heavy (non-hydrogen) atoms. The van der Waals surface area contributed by atoms with Crippen molar-refractivity contribution in [3.05, 3.63) is 0 Å². The van der Waals surface area contributed by atoms with Crippen LogP contribution in [0.3, 0.4) is 0 Å². The molecule has 2 nitrogen and oxygen atoms in total. The first-order valence-electron chi connectivity index (χ1n) is 5.87. The van der Waals surface area contributed by atoms with E-state index in [4.69, 9.17) is 4.74 Å². The van der Waals surface area contributed by atoms with Crippen molar-refractivity contribution < 1.29 is 4.74 Å². The first kappa shape index (κ1) is 12.0. The number of rotatable bonds is 5. The smallest absolute Gasteiger partial charge is 0.0746 e. The van der Waals surface area contributed by atoms with Crippen molar-refractivity contribution >= 4 is 0 Å². The van der Waals surface area contributed by atoms with E-state index in [-0.39, 0.29) is 5.60 Å². The summed E-state index contributed by atoms with van der Waals surface area (Å²) in [5.41, 5.74) is -0.0269. The quantitative estimate of drug-likeness (QED) is 0.735. The van der Waals surface area contributed by atoms with Crippen LogP contribution in [0.4, 0.5) is 0 Å². The van der Waals surface area contributed by atoms with Gasteiger partial charge in [0.05, 0.1) is 5.60 Å². The van der Waals surface area contributed by atoms with Crippen LogP contribution in [0.5, 0.6) is 0 Å². The predicted octanol–water partition coefficient (Wildman–Crippen LogP) is 2.58. The lowest BCUT2D eigenvalue weighted by Crippen LogP contribution is -2.43. The van der Waals surface area contributed by atoms with E-state index in [1.54, 1.807) is 7.11 Å². The van der Waals surface area contributed by atoms with Gasteiger partial charge in [0.2, 0.25) is 0 Å². The van der Waals surface area contributed by atoms with Gasteiger partial charge in [0.25, 0.3) is 0 Å². The third kappa shape index (κ3) is 3.25. The second-order valence-electron chi connectivity index (χ2n) is 5.05. The predicted molar refractivity (Wildman–Crippen MR) is 60.5 cm³/mol. The summed E-state index contributed by atoms with van der Waals surface area (Å²) in [6.45, 7) is 7.53. The molecule has 1 fully saturated rings. The molecule has 1 rings (SSSR count). The molecule has 2 atom stereocenters. The highest BCUT2D eigenvalue weighted by molar-refractivity contribution is 4.84. The van der Waals surface area contributed by atoms with Crippen LogP contribution in [0.2, 0.25) is 0 Å². The number of ether oxygens (including phenoxy) is 1. The van der Waals surface area contributed by atoms with Gasteiger partial charge in [0, 0.05) is 19.7 Å². The number of nitrogens with one attached hydrogen (secondary N) is 1. The molecule has 2 unspecified atom stereocenters. The molecule has 0 amide bonds. The Morgan fingerprint density at radius 3 is 2.64 bits per heavy atom. The van der Waals surface area contributed by atoms with Gasteiger partial charge >= 0.3 is 0 Å². The third-order valence-corrected chi connectivity index (χ3v) is 3.53. The van der Waals surface area contributed by atoms with Gasteiger partial charge in [0.15, 0.2) is 0 Å². The number of methoxy groups -OCH3 is 1. The Hall–Kier alpha value is -0.0800. The Morgan fingerprint density at radius 2 is 2.07 bits per heavy atom. The SMILES string of the molecule is CCC1CCCC1NCC(C)(C)OC. The van der Waals surface area contributed by atoms with Crippen molar-refractivity contribution in [3.63, 3.8) is 0 Å². The Morgan fingerprint density at radius 1 is 1.36 bits per heavy atom. The van der Waals surface area contributed by atoms with Crippen LogP contribution in [-0.4, -0.2) is 25.3 Å². The van der Waals surface area contributed by atoms with Crippen molar-refractivity contribution in [1.82, 2.24) is 5.32 Å². The summed E-state index contributed by atoms with van der Waals surface area (Å²) in [5.74, 6) is 0.891. The molecule has 84 valence electrons. The molecule has 0 spiro atoms. The molecule has 1 N–H and O–H groups in total. The van der Waals surface area contributed by atoms with E-state index in [0.29, 0.717) is 0 Å². The largest absolute Gasteiger partial charge is 0.377 e. The van der Waals surface area contributed by atoms with Crippen LogP contribution in [0, 0.1) is 5.92 Å². The number of hydrogen-bond donors (Lipinski definition) is 1. The third-order valence-electron chi connectivity index (χ3n) is 3.53. The lowest BCUT2D eigenvalue weighted by Gasteiger charge is -2.27. The van der Waals surface area contributed by atoms with Gasteiger partial charge in [-0.15, -0.1) is 0 Å². The van der Waals surface area contributed by atoms with E-state index >= 15 is 0 Å². The maximum Gasteiger partial charge on any atom is 0.0746 e. The van der Waals surface area contributed by atoms with Crippen LogP contribution < -0.4 is 5.32 Å². The average molecular weight is 199 g/mol. The van der Waals surface area contributed by atoms with Gasteiger partial charge in [-0.1, -0.05) is 19.8 Å². The molecular formula is C12H25NO. The molecule has 0 radical (unpaired) electrons. The maximum atomic E-state index is 5.40. The van der Waals surface area contributed by atoms with Crippen LogP contribution in [0.15, 0.2) is 0 Å². The highest BCUT2D eigenvalue weighted by Crippen LogP contribution is 2.28. The molecule has 1 aliphatic rings. The highest BCUT2D eigenvalue weighted by Gasteiger charge is 2.27. The lowest BCUT2D eigenvalue weighted by atomic mass is 10.00. The summed E-state index contributed by atoms with van der Waals surface area (Å²) in [6, 6.07) is 0.731. The van der Waals surface area contributed by atoms with E-state index in [1.807, 2.05) is 0 Å². The molecule has 0 aromatic heterocycles. The molecule has 2 heteroatoms. The lowest BCUT2D eigenvalue weighted by molar-refractivity contribution is 0.0200. The van der Waals surface area contributed by atoms with Gasteiger partial charge in [-0.2, -0.15) is 0 Å². The summed E-state index contributed by atoms with van der Waals surface area (Å²) in [5, 5.41) is 3.65. The van der Waals surface area contributed by atoms with Gasteiger partial charge in [0.1, 0.15) is 0 Å². The summed E-state index contributed by atoms with van der Waals surface area (Å²) >= 11 is 0. The van der Waals surface area contributed by atoms with Crippen molar-refractivity contribution in [2.45, 2.75) is 58.1 Å². The Labute approximate surface area is 88.4 Å². The van der Waals surface area contributed by atoms with E-state index in [0.717, 1.165) is 18.5 Å². The maximum absolute atomic E-state index is 5.40. The molecule has 0 bridgehead atoms. The topological polar surface area (TPSA) is 21.3 Å². The minimum absolute atomic E-state index is 0.0269. The van der Waals surface area contributed by atoms with Gasteiger partial charge in [-0.25, -0.2) is 0 Å². The fraction of sp³-hybridized carbons (Fsp3) is 1.00. The molecule has 1 saturated carbocycles. The molecule has 0 heterocycles. The molecule has 0 saturated heterocycles. The van der Waals surface area contributed by atoms with Crippen LogP contribution in [0.25, 0.3) is 0 Å². The molecule has 0 aromatic rings. The Kier molecular flexibility index (Phi) is 4.39. The molecular weight excluding hydrogens is 174 g/mol. The standard InChI is InChI=1S/C12H25NO/c1-5-10-7-6-8-11(10)13-9-12(2,3)14-4/h10-11,13H,5-9H2,1-4H3. The van der Waals surface area contributed by atoms with Crippen molar-refractivity contribution in [2.24, 2.45) is 5.92 Å². The van der Waals surface area contributed by atoms with E-state index in [2.05, 4.69) is 26.1 Å². The van der Waals surface area contributed by atoms with Crippen LogP contribution in [0.1, 0.15) is 46.5 Å².